The molecule has 0 radical (unpaired) electrons. The average molecular weight is 375 g/mol. The van der Waals surface area contributed by atoms with E-state index in [1.807, 2.05) is 6.92 Å². The number of amides is 1. The first-order valence-corrected chi connectivity index (χ1v) is 7.61. The van der Waals surface area contributed by atoms with Crippen molar-refractivity contribution in [2.24, 2.45) is 0 Å². The van der Waals surface area contributed by atoms with Crippen LogP contribution in [-0.2, 0) is 6.18 Å². The summed E-state index contributed by atoms with van der Waals surface area (Å²) in [5.74, 6) is -0.131. The molecule has 0 unspecified atom stereocenters. The zero-order valence-corrected chi connectivity index (χ0v) is 14.3. The third-order valence-electron chi connectivity index (χ3n) is 4.00. The van der Waals surface area contributed by atoms with Crippen molar-refractivity contribution in [1.82, 2.24) is 20.0 Å². The molecule has 9 heteroatoms. The number of nitrogens with one attached hydrogen (secondary N) is 1. The van der Waals surface area contributed by atoms with Gasteiger partial charge in [0.15, 0.2) is 5.69 Å². The van der Waals surface area contributed by atoms with Crippen molar-refractivity contribution in [1.29, 1.82) is 0 Å². The summed E-state index contributed by atoms with van der Waals surface area (Å²) in [6.45, 7) is 4.00. The van der Waals surface area contributed by atoms with Crippen molar-refractivity contribution in [2.45, 2.75) is 19.1 Å². The number of aromatic nitrogens is 2. The molecule has 0 aliphatic carbocycles. The van der Waals surface area contributed by atoms with Crippen LogP contribution in [-0.4, -0.2) is 46.3 Å². The van der Waals surface area contributed by atoms with Gasteiger partial charge in [-0.25, -0.2) is 4.68 Å². The average Bonchev–Trinajstić information content (AvgIpc) is 3.05. The topological polar surface area (TPSA) is 50.2 Å². The highest BCUT2D eigenvalue weighted by Gasteiger charge is 2.33. The van der Waals surface area contributed by atoms with Gasteiger partial charge in [0, 0.05) is 37.4 Å². The minimum atomic E-state index is -4.49. The van der Waals surface area contributed by atoms with Gasteiger partial charge in [-0.3, -0.25) is 4.79 Å². The number of benzene rings is 1. The molecule has 1 aliphatic heterocycles. The molecule has 3 rings (SSSR count). The molecule has 1 atom stereocenters. The van der Waals surface area contributed by atoms with Crippen molar-refractivity contribution < 1.29 is 18.0 Å². The Morgan fingerprint density at radius 2 is 2.08 bits per heavy atom. The van der Waals surface area contributed by atoms with Gasteiger partial charge in [-0.2, -0.15) is 18.3 Å². The van der Waals surface area contributed by atoms with Gasteiger partial charge in [0.2, 0.25) is 0 Å². The molecule has 136 valence electrons. The summed E-state index contributed by atoms with van der Waals surface area (Å²) in [6.07, 6.45) is -3.26. The number of carbonyl (C=O) groups is 1. The first kappa shape index (κ1) is 19.3. The third-order valence-corrected chi connectivity index (χ3v) is 4.00. The van der Waals surface area contributed by atoms with Crippen LogP contribution in [0.1, 0.15) is 23.0 Å². The van der Waals surface area contributed by atoms with Gasteiger partial charge in [-0.05, 0) is 31.2 Å². The first-order chi connectivity index (χ1) is 11.4. The Hall–Kier alpha value is -2.06. The molecule has 0 saturated carbocycles. The van der Waals surface area contributed by atoms with Gasteiger partial charge < -0.3 is 10.2 Å². The van der Waals surface area contributed by atoms with E-state index in [0.29, 0.717) is 17.8 Å². The van der Waals surface area contributed by atoms with E-state index in [1.165, 1.54) is 6.20 Å². The highest BCUT2D eigenvalue weighted by atomic mass is 35.5. The summed E-state index contributed by atoms with van der Waals surface area (Å²) < 4.78 is 39.1. The smallest absolute Gasteiger partial charge is 0.333 e. The SMILES string of the molecule is C[C@H]1CNCCN1C(=O)c1cccc(-n2ccc(C(F)(F)F)n2)c1.Cl. The minimum Gasteiger partial charge on any atom is -0.333 e. The fraction of sp³-hybridized carbons (Fsp3) is 0.375. The molecule has 1 amide bonds. The molecule has 0 bridgehead atoms. The normalized spacial score (nSPS) is 17.9. The highest BCUT2D eigenvalue weighted by molar-refractivity contribution is 5.95. The number of hydrogen-bond acceptors (Lipinski definition) is 3. The van der Waals surface area contributed by atoms with Crippen LogP contribution in [0.25, 0.3) is 5.69 Å². The molecule has 1 aromatic heterocycles. The maximum absolute atomic E-state index is 12.7. The summed E-state index contributed by atoms with van der Waals surface area (Å²) in [7, 11) is 0. The van der Waals surface area contributed by atoms with E-state index in [0.717, 1.165) is 23.8 Å². The quantitative estimate of drug-likeness (QED) is 0.879. The van der Waals surface area contributed by atoms with Crippen molar-refractivity contribution in [2.75, 3.05) is 19.6 Å². The molecule has 1 aliphatic rings. The maximum atomic E-state index is 12.7. The number of carbonyl (C=O) groups excluding carboxylic acids is 1. The molecule has 2 aromatic rings. The summed E-state index contributed by atoms with van der Waals surface area (Å²) in [5, 5.41) is 6.75. The van der Waals surface area contributed by atoms with Crippen LogP contribution >= 0.6 is 12.4 Å². The Bertz CT molecular complexity index is 747. The Morgan fingerprint density at radius 1 is 1.32 bits per heavy atom. The van der Waals surface area contributed by atoms with Crippen LogP contribution in [0.15, 0.2) is 36.5 Å². The predicted octanol–water partition coefficient (Wildman–Crippen LogP) is 2.75. The Kier molecular flexibility index (Phi) is 5.74. The van der Waals surface area contributed by atoms with E-state index >= 15 is 0 Å². The second-order valence-electron chi connectivity index (χ2n) is 5.75. The maximum Gasteiger partial charge on any atom is 0.435 e. The molecule has 5 nitrogen and oxygen atoms in total. The van der Waals surface area contributed by atoms with Crippen molar-refractivity contribution >= 4 is 18.3 Å². The van der Waals surface area contributed by atoms with Gasteiger partial charge in [-0.1, -0.05) is 6.07 Å². The summed E-state index contributed by atoms with van der Waals surface area (Å²) in [5.41, 5.74) is -0.112. The summed E-state index contributed by atoms with van der Waals surface area (Å²) in [4.78, 5) is 14.4. The predicted molar refractivity (Wildman–Crippen MR) is 89.2 cm³/mol. The second-order valence-corrected chi connectivity index (χ2v) is 5.75. The number of rotatable bonds is 2. The lowest BCUT2D eigenvalue weighted by atomic mass is 10.1. The third kappa shape index (κ3) is 4.13. The second kappa shape index (κ2) is 7.45. The lowest BCUT2D eigenvalue weighted by Gasteiger charge is -2.34. The van der Waals surface area contributed by atoms with Gasteiger partial charge in [0.1, 0.15) is 0 Å². The van der Waals surface area contributed by atoms with Gasteiger partial charge in [0.25, 0.3) is 5.91 Å². The minimum absolute atomic E-state index is 0. The van der Waals surface area contributed by atoms with Crippen LogP contribution in [0.4, 0.5) is 13.2 Å². The molecule has 25 heavy (non-hydrogen) atoms. The van der Waals surface area contributed by atoms with Crippen molar-refractivity contribution in [3.05, 3.63) is 47.8 Å². The van der Waals surface area contributed by atoms with E-state index < -0.39 is 11.9 Å². The lowest BCUT2D eigenvalue weighted by Crippen LogP contribution is -2.52. The lowest BCUT2D eigenvalue weighted by molar-refractivity contribution is -0.141. The Balaban J connectivity index is 0.00000225. The van der Waals surface area contributed by atoms with E-state index in [1.54, 1.807) is 29.2 Å². The van der Waals surface area contributed by atoms with Crippen molar-refractivity contribution in [3.8, 4) is 5.69 Å². The van der Waals surface area contributed by atoms with E-state index in [4.69, 9.17) is 0 Å². The number of hydrogen-bond donors (Lipinski definition) is 1. The zero-order valence-electron chi connectivity index (χ0n) is 13.5. The number of nitrogens with zero attached hydrogens (tertiary/aromatic N) is 3. The van der Waals surface area contributed by atoms with E-state index in [-0.39, 0.29) is 24.4 Å². The highest BCUT2D eigenvalue weighted by Crippen LogP contribution is 2.28. The fourth-order valence-electron chi connectivity index (χ4n) is 2.71. The van der Waals surface area contributed by atoms with Crippen LogP contribution in [0.2, 0.25) is 0 Å². The van der Waals surface area contributed by atoms with Crippen LogP contribution in [0.3, 0.4) is 0 Å². The summed E-state index contributed by atoms with van der Waals surface area (Å²) in [6, 6.07) is 7.46. The fourth-order valence-corrected chi connectivity index (χ4v) is 2.71. The van der Waals surface area contributed by atoms with Gasteiger partial charge in [0.05, 0.1) is 5.69 Å². The number of alkyl halides is 3. The monoisotopic (exact) mass is 374 g/mol. The zero-order chi connectivity index (χ0) is 17.3. The first-order valence-electron chi connectivity index (χ1n) is 7.61. The molecule has 2 heterocycles. The molecule has 0 spiro atoms. The van der Waals surface area contributed by atoms with E-state index in [9.17, 15) is 18.0 Å². The van der Waals surface area contributed by atoms with Crippen LogP contribution in [0, 0.1) is 0 Å². The molecule has 1 fully saturated rings. The van der Waals surface area contributed by atoms with Gasteiger partial charge in [-0.15, -0.1) is 12.4 Å². The molecule has 1 N–H and O–H groups in total. The van der Waals surface area contributed by atoms with Crippen molar-refractivity contribution in [3.63, 3.8) is 0 Å². The largest absolute Gasteiger partial charge is 0.435 e. The van der Waals surface area contributed by atoms with Gasteiger partial charge >= 0.3 is 6.18 Å². The van der Waals surface area contributed by atoms with E-state index in [2.05, 4.69) is 10.4 Å². The van der Waals surface area contributed by atoms with Crippen LogP contribution in [0.5, 0.6) is 0 Å². The van der Waals surface area contributed by atoms with Crippen LogP contribution < -0.4 is 5.32 Å². The number of halogens is 4. The number of piperazine rings is 1. The Morgan fingerprint density at radius 3 is 2.72 bits per heavy atom. The standard InChI is InChI=1S/C16H17F3N4O.ClH/c1-11-10-20-6-8-22(11)15(24)12-3-2-4-13(9-12)23-7-5-14(21-23)16(17,18)19;/h2-5,7,9,11,20H,6,8,10H2,1H3;1H/t11-;/m0./s1. The molecular formula is C16H18ClF3N4O. The summed E-state index contributed by atoms with van der Waals surface area (Å²) >= 11 is 0. The Labute approximate surface area is 149 Å². The molecular weight excluding hydrogens is 357 g/mol. The molecule has 1 aromatic carbocycles. The molecule has 1 saturated heterocycles.